The molecule has 3 aliphatic carbocycles. The number of fused-ring (bicyclic) bond motifs is 3. The third-order valence-electron chi connectivity index (χ3n) is 11.5. The lowest BCUT2D eigenvalue weighted by Crippen LogP contribution is -2.58. The van der Waals surface area contributed by atoms with E-state index < -0.39 is 18.3 Å². The van der Waals surface area contributed by atoms with Crippen LogP contribution in [0.2, 0.25) is 0 Å². The van der Waals surface area contributed by atoms with Crippen LogP contribution >= 0.6 is 0 Å². The van der Waals surface area contributed by atoms with E-state index in [1.54, 1.807) is 22.8 Å². The first-order valence-corrected chi connectivity index (χ1v) is 17.6. The number of hydrogen-bond acceptors (Lipinski definition) is 5. The minimum Gasteiger partial charge on any atom is -0.497 e. The SMILES string of the molecule is COc1ccc(CCn2c(-c3ccccc3)nc3cc(NC(=N[C@H]4C[C@H]5C[C@@H]([C@@H]4C)C5(C)C)N4CCN[C@@H](C(F)F)C4)ccc3c2=O)c(F)c1. The number of ether oxygens (including phenoxy) is 1. The predicted octanol–water partition coefficient (Wildman–Crippen LogP) is 6.83. The number of anilines is 1. The molecule has 50 heavy (non-hydrogen) atoms. The van der Waals surface area contributed by atoms with Crippen molar-refractivity contribution in [3.63, 3.8) is 0 Å². The van der Waals surface area contributed by atoms with E-state index in [2.05, 4.69) is 31.4 Å². The van der Waals surface area contributed by atoms with Gasteiger partial charge in [-0.25, -0.2) is 23.1 Å². The van der Waals surface area contributed by atoms with E-state index in [9.17, 15) is 18.0 Å². The molecular weight excluding hydrogens is 641 g/mol. The molecule has 264 valence electrons. The van der Waals surface area contributed by atoms with Crippen LogP contribution in [-0.2, 0) is 13.0 Å². The lowest BCUT2D eigenvalue weighted by molar-refractivity contribution is -0.108. The van der Waals surface area contributed by atoms with Crippen molar-refractivity contribution in [1.82, 2.24) is 19.8 Å². The number of aryl methyl sites for hydroxylation is 1. The minimum atomic E-state index is -2.49. The number of piperazine rings is 1. The first kappa shape index (κ1) is 34.1. The van der Waals surface area contributed by atoms with Gasteiger partial charge in [-0.05, 0) is 72.3 Å². The summed E-state index contributed by atoms with van der Waals surface area (Å²) in [6.07, 6.45) is -0.0209. The molecular formula is C39H45F3N6O2. The number of hydrogen-bond donors (Lipinski definition) is 2. The molecule has 0 spiro atoms. The van der Waals surface area contributed by atoms with Crippen molar-refractivity contribution in [1.29, 1.82) is 0 Å². The van der Waals surface area contributed by atoms with Crippen molar-refractivity contribution in [2.45, 2.75) is 65.1 Å². The first-order chi connectivity index (χ1) is 24.0. The Morgan fingerprint density at radius 3 is 2.62 bits per heavy atom. The van der Waals surface area contributed by atoms with E-state index in [0.717, 1.165) is 12.0 Å². The Balaban J connectivity index is 1.23. The molecule has 1 aromatic heterocycles. The van der Waals surface area contributed by atoms with Gasteiger partial charge in [-0.3, -0.25) is 9.36 Å². The summed E-state index contributed by atoms with van der Waals surface area (Å²) in [6.45, 7) is 8.29. The van der Waals surface area contributed by atoms with Crippen LogP contribution in [0.5, 0.6) is 5.75 Å². The standard InChI is InChI=1S/C39H45F3N6O2/c1-23-30-18-26(39(30,2)3)19-32(23)46-38(47-17-15-43-34(22-47)35(41)42)44-27-11-13-29-33(20-27)45-36(25-8-6-5-7-9-25)48(37(29)49)16-14-24-10-12-28(50-4)21-31(24)40/h5-13,20-21,23,26,30,32,34-35,43H,14-19,22H2,1-4H3,(H,44,46)/t23-,26+,30-,32-,34+/m0/s1. The fourth-order valence-electron chi connectivity index (χ4n) is 8.32. The van der Waals surface area contributed by atoms with Gasteiger partial charge in [0.25, 0.3) is 12.0 Å². The molecule has 3 saturated carbocycles. The Kier molecular flexibility index (Phi) is 9.36. The summed E-state index contributed by atoms with van der Waals surface area (Å²) in [5, 5.41) is 6.84. The van der Waals surface area contributed by atoms with Crippen LogP contribution in [-0.4, -0.2) is 65.7 Å². The van der Waals surface area contributed by atoms with Gasteiger partial charge in [-0.15, -0.1) is 0 Å². The minimum absolute atomic E-state index is 0.0835. The van der Waals surface area contributed by atoms with Gasteiger partial charge in [0.1, 0.15) is 17.4 Å². The van der Waals surface area contributed by atoms with Gasteiger partial charge < -0.3 is 20.3 Å². The lowest BCUT2D eigenvalue weighted by Gasteiger charge is -2.61. The van der Waals surface area contributed by atoms with Gasteiger partial charge in [-0.1, -0.05) is 57.2 Å². The number of nitrogens with zero attached hydrogens (tertiary/aromatic N) is 4. The second kappa shape index (κ2) is 13.7. The second-order valence-electron chi connectivity index (χ2n) is 14.6. The average Bonchev–Trinajstić information content (AvgIpc) is 3.12. The van der Waals surface area contributed by atoms with Gasteiger partial charge in [0.05, 0.1) is 30.1 Å². The van der Waals surface area contributed by atoms with E-state index in [1.807, 2.05) is 47.4 Å². The van der Waals surface area contributed by atoms with Crippen molar-refractivity contribution in [3.05, 3.63) is 88.5 Å². The Morgan fingerprint density at radius 2 is 1.92 bits per heavy atom. The summed E-state index contributed by atoms with van der Waals surface area (Å²) in [4.78, 5) is 26.2. The van der Waals surface area contributed by atoms with Gasteiger partial charge in [0.2, 0.25) is 0 Å². The zero-order chi connectivity index (χ0) is 35.2. The summed E-state index contributed by atoms with van der Waals surface area (Å²) in [5.74, 6) is 2.63. The van der Waals surface area contributed by atoms with Crippen molar-refractivity contribution in [3.8, 4) is 17.1 Å². The Hall–Kier alpha value is -4.38. The molecule has 2 heterocycles. The molecule has 8 rings (SSSR count). The Morgan fingerprint density at radius 1 is 1.12 bits per heavy atom. The van der Waals surface area contributed by atoms with Gasteiger partial charge in [0.15, 0.2) is 5.96 Å². The van der Waals surface area contributed by atoms with Crippen LogP contribution in [0.1, 0.15) is 39.2 Å². The number of guanidine groups is 1. The maximum absolute atomic E-state index is 14.8. The van der Waals surface area contributed by atoms with Gasteiger partial charge in [0, 0.05) is 43.5 Å². The van der Waals surface area contributed by atoms with E-state index >= 15 is 0 Å². The van der Waals surface area contributed by atoms with Crippen LogP contribution in [0.15, 0.2) is 76.5 Å². The number of nitrogens with one attached hydrogen (secondary N) is 2. The first-order valence-electron chi connectivity index (χ1n) is 17.6. The van der Waals surface area contributed by atoms with Crippen LogP contribution in [0, 0.1) is 29.0 Å². The topological polar surface area (TPSA) is 83.8 Å². The maximum Gasteiger partial charge on any atom is 0.261 e. The molecule has 1 saturated heterocycles. The third-order valence-corrected chi connectivity index (χ3v) is 11.5. The number of rotatable bonds is 8. The normalized spacial score (nSPS) is 24.7. The fraction of sp³-hybridized carbons (Fsp3) is 0.462. The number of benzene rings is 3. The molecule has 0 amide bonds. The molecule has 5 atom stereocenters. The van der Waals surface area contributed by atoms with Crippen LogP contribution in [0.25, 0.3) is 22.3 Å². The van der Waals surface area contributed by atoms with Crippen molar-refractivity contribution in [2.75, 3.05) is 32.1 Å². The van der Waals surface area contributed by atoms with Crippen molar-refractivity contribution in [2.24, 2.45) is 28.2 Å². The van der Waals surface area contributed by atoms with Gasteiger partial charge >= 0.3 is 0 Å². The molecule has 4 fully saturated rings. The van der Waals surface area contributed by atoms with Crippen LogP contribution in [0.3, 0.4) is 0 Å². The smallest absolute Gasteiger partial charge is 0.261 e. The third kappa shape index (κ3) is 6.48. The molecule has 8 nitrogen and oxygen atoms in total. The Labute approximate surface area is 290 Å². The highest BCUT2D eigenvalue weighted by atomic mass is 19.3. The van der Waals surface area contributed by atoms with Crippen LogP contribution < -0.4 is 20.9 Å². The summed E-state index contributed by atoms with van der Waals surface area (Å²) < 4.78 is 49.3. The second-order valence-corrected chi connectivity index (χ2v) is 14.6. The van der Waals surface area contributed by atoms with E-state index in [0.29, 0.717) is 75.9 Å². The van der Waals surface area contributed by atoms with E-state index in [4.69, 9.17) is 14.7 Å². The zero-order valence-corrected chi connectivity index (χ0v) is 29.0. The van der Waals surface area contributed by atoms with Crippen LogP contribution in [0.4, 0.5) is 18.9 Å². The summed E-state index contributed by atoms with van der Waals surface area (Å²) in [7, 11) is 1.49. The zero-order valence-electron chi connectivity index (χ0n) is 29.0. The monoisotopic (exact) mass is 686 g/mol. The highest BCUT2D eigenvalue weighted by Crippen LogP contribution is 2.61. The largest absolute Gasteiger partial charge is 0.497 e. The van der Waals surface area contributed by atoms with E-state index in [-0.39, 0.29) is 31.1 Å². The number of aliphatic imine (C=N–C) groups is 1. The van der Waals surface area contributed by atoms with Crippen molar-refractivity contribution < 1.29 is 17.9 Å². The molecule has 1 aliphatic heterocycles. The highest BCUT2D eigenvalue weighted by Gasteiger charge is 2.56. The summed E-state index contributed by atoms with van der Waals surface area (Å²) >= 11 is 0. The quantitative estimate of drug-likeness (QED) is 0.156. The summed E-state index contributed by atoms with van der Waals surface area (Å²) in [5.41, 5.74) is 2.45. The van der Waals surface area contributed by atoms with E-state index in [1.165, 1.54) is 19.6 Å². The molecule has 2 bridgehead atoms. The van der Waals surface area contributed by atoms with Gasteiger partial charge in [-0.2, -0.15) is 0 Å². The molecule has 2 N–H and O–H groups in total. The number of methoxy groups -OCH3 is 1. The Bertz CT molecular complexity index is 1950. The molecule has 3 aromatic carbocycles. The molecule has 4 aromatic rings. The average molecular weight is 687 g/mol. The van der Waals surface area contributed by atoms with Crippen molar-refractivity contribution >= 4 is 22.5 Å². The lowest BCUT2D eigenvalue weighted by atomic mass is 9.45. The number of aromatic nitrogens is 2. The number of alkyl halides is 2. The summed E-state index contributed by atoms with van der Waals surface area (Å²) in [6, 6.07) is 18.7. The highest BCUT2D eigenvalue weighted by molar-refractivity contribution is 5.96. The maximum atomic E-state index is 14.8. The molecule has 11 heteroatoms. The predicted molar refractivity (Wildman–Crippen MR) is 191 cm³/mol. The molecule has 4 aliphatic rings. The molecule has 0 unspecified atom stereocenters. The molecule has 0 radical (unpaired) electrons. The number of halogens is 3. The fourth-order valence-corrected chi connectivity index (χ4v) is 8.32.